The molecular weight excluding hydrogens is 366 g/mol. The van der Waals surface area contributed by atoms with Crippen molar-refractivity contribution in [3.05, 3.63) is 67.8 Å². The van der Waals surface area contributed by atoms with Crippen molar-refractivity contribution in [1.29, 1.82) is 0 Å². The SMILES string of the molecule is CCn1cc([C@H]2CC(c3c(O)sc(=O)[nH]c3=O)=Nc3ccccc3N2)cn1. The van der Waals surface area contributed by atoms with Crippen LogP contribution in [0.2, 0.25) is 0 Å². The number of rotatable bonds is 3. The minimum atomic E-state index is -0.641. The summed E-state index contributed by atoms with van der Waals surface area (Å²) in [5, 5.41) is 17.7. The van der Waals surface area contributed by atoms with Gasteiger partial charge in [-0.05, 0) is 30.4 Å². The number of aromatic hydroxyl groups is 1. The van der Waals surface area contributed by atoms with Crippen LogP contribution in [-0.2, 0) is 6.54 Å². The fourth-order valence-corrected chi connectivity index (χ4v) is 3.71. The predicted molar refractivity (Wildman–Crippen MR) is 104 cm³/mol. The molecule has 0 spiro atoms. The van der Waals surface area contributed by atoms with E-state index in [2.05, 4.69) is 20.4 Å². The van der Waals surface area contributed by atoms with E-state index in [1.54, 1.807) is 6.20 Å². The predicted octanol–water partition coefficient (Wildman–Crippen LogP) is 2.40. The normalized spacial score (nSPS) is 16.2. The third-order valence-corrected chi connectivity index (χ3v) is 5.09. The fourth-order valence-electron chi connectivity index (χ4n) is 3.08. The van der Waals surface area contributed by atoms with Gasteiger partial charge in [-0.15, -0.1) is 0 Å². The molecule has 1 aliphatic heterocycles. The second kappa shape index (κ2) is 6.84. The molecule has 0 saturated carbocycles. The third kappa shape index (κ3) is 3.28. The smallest absolute Gasteiger partial charge is 0.310 e. The topological polar surface area (TPSA) is 112 Å². The molecule has 0 unspecified atom stereocenters. The molecule has 3 N–H and O–H groups in total. The van der Waals surface area contributed by atoms with Gasteiger partial charge in [0, 0.05) is 24.7 Å². The van der Waals surface area contributed by atoms with Gasteiger partial charge in [0.25, 0.3) is 5.56 Å². The summed E-state index contributed by atoms with van der Waals surface area (Å²) in [6.07, 6.45) is 4.07. The Kier molecular flexibility index (Phi) is 4.36. The average Bonchev–Trinajstić information content (AvgIpc) is 3.02. The number of fused-ring (bicyclic) bond motifs is 1. The molecule has 1 atom stereocenters. The molecule has 138 valence electrons. The van der Waals surface area contributed by atoms with Crippen LogP contribution in [0, 0.1) is 0 Å². The number of benzene rings is 1. The Morgan fingerprint density at radius 2 is 2.15 bits per heavy atom. The van der Waals surface area contributed by atoms with Crippen LogP contribution in [0.4, 0.5) is 11.4 Å². The van der Waals surface area contributed by atoms with E-state index in [-0.39, 0.29) is 16.7 Å². The molecule has 0 amide bonds. The zero-order valence-corrected chi connectivity index (χ0v) is 15.3. The average molecular weight is 383 g/mol. The van der Waals surface area contributed by atoms with Crippen molar-refractivity contribution in [1.82, 2.24) is 14.8 Å². The van der Waals surface area contributed by atoms with Gasteiger partial charge >= 0.3 is 4.87 Å². The number of nitrogens with one attached hydrogen (secondary N) is 2. The van der Waals surface area contributed by atoms with Crippen molar-refractivity contribution in [2.75, 3.05) is 5.32 Å². The first kappa shape index (κ1) is 17.2. The van der Waals surface area contributed by atoms with Crippen LogP contribution in [-0.4, -0.2) is 25.6 Å². The molecular formula is C18H17N5O3S. The van der Waals surface area contributed by atoms with Crippen LogP contribution < -0.4 is 15.7 Å². The molecule has 3 aromatic rings. The van der Waals surface area contributed by atoms with Gasteiger partial charge in [-0.1, -0.05) is 12.1 Å². The molecule has 2 aromatic heterocycles. The Balaban J connectivity index is 1.86. The highest BCUT2D eigenvalue weighted by Gasteiger charge is 2.25. The van der Waals surface area contributed by atoms with Crippen molar-refractivity contribution in [2.24, 2.45) is 4.99 Å². The lowest BCUT2D eigenvalue weighted by atomic mass is 10.0. The van der Waals surface area contributed by atoms with Crippen LogP contribution in [0.1, 0.15) is 30.5 Å². The zero-order chi connectivity index (χ0) is 19.0. The van der Waals surface area contributed by atoms with Crippen molar-refractivity contribution in [3.8, 4) is 5.06 Å². The highest BCUT2D eigenvalue weighted by molar-refractivity contribution is 7.11. The molecule has 1 aromatic carbocycles. The molecule has 0 radical (unpaired) electrons. The van der Waals surface area contributed by atoms with Crippen molar-refractivity contribution in [3.63, 3.8) is 0 Å². The maximum atomic E-state index is 12.4. The summed E-state index contributed by atoms with van der Waals surface area (Å²) in [6, 6.07) is 7.30. The maximum Gasteiger partial charge on any atom is 0.310 e. The quantitative estimate of drug-likeness (QED) is 0.643. The fraction of sp³-hybridized carbons (Fsp3) is 0.222. The summed E-state index contributed by atoms with van der Waals surface area (Å²) in [7, 11) is 0. The number of H-pyrrole nitrogens is 1. The minimum absolute atomic E-state index is 0.0333. The number of hydrogen-bond donors (Lipinski definition) is 3. The molecule has 8 nitrogen and oxygen atoms in total. The Labute approximate surface area is 157 Å². The Hall–Kier alpha value is -3.20. The van der Waals surface area contributed by atoms with Crippen LogP contribution in [0.25, 0.3) is 0 Å². The Morgan fingerprint density at radius 1 is 1.33 bits per heavy atom. The van der Waals surface area contributed by atoms with E-state index < -0.39 is 10.4 Å². The molecule has 0 aliphatic carbocycles. The second-order valence-electron chi connectivity index (χ2n) is 6.13. The lowest BCUT2D eigenvalue weighted by Crippen LogP contribution is -2.25. The third-order valence-electron chi connectivity index (χ3n) is 4.40. The number of anilines is 1. The molecule has 27 heavy (non-hydrogen) atoms. The van der Waals surface area contributed by atoms with Gasteiger partial charge in [-0.25, -0.2) is 0 Å². The minimum Gasteiger partial charge on any atom is -0.499 e. The Bertz CT molecular complexity index is 1140. The van der Waals surface area contributed by atoms with E-state index in [1.165, 1.54) is 0 Å². The van der Waals surface area contributed by atoms with E-state index in [9.17, 15) is 14.7 Å². The van der Waals surface area contributed by atoms with Gasteiger partial charge in [-0.3, -0.25) is 24.2 Å². The summed E-state index contributed by atoms with van der Waals surface area (Å²) in [5.74, 6) is 0. The van der Waals surface area contributed by atoms with Gasteiger partial charge in [0.2, 0.25) is 0 Å². The molecule has 0 bridgehead atoms. The van der Waals surface area contributed by atoms with Crippen LogP contribution >= 0.6 is 11.3 Å². The monoisotopic (exact) mass is 383 g/mol. The number of aliphatic imine (C=N–C) groups is 1. The van der Waals surface area contributed by atoms with Gasteiger partial charge in [0.05, 0.1) is 29.3 Å². The summed E-state index contributed by atoms with van der Waals surface area (Å²) in [6.45, 7) is 2.75. The summed E-state index contributed by atoms with van der Waals surface area (Å²) in [4.78, 5) is 30.1. The second-order valence-corrected chi connectivity index (χ2v) is 7.09. The number of hydrogen-bond acceptors (Lipinski definition) is 7. The summed E-state index contributed by atoms with van der Waals surface area (Å²) in [5.41, 5.74) is 2.23. The highest BCUT2D eigenvalue weighted by Crippen LogP contribution is 2.36. The first-order valence-electron chi connectivity index (χ1n) is 8.47. The molecule has 0 saturated heterocycles. The van der Waals surface area contributed by atoms with Gasteiger partial charge in [-0.2, -0.15) is 5.10 Å². The molecule has 0 fully saturated rings. The first-order valence-corrected chi connectivity index (χ1v) is 9.29. The largest absolute Gasteiger partial charge is 0.499 e. The molecule has 1 aliphatic rings. The standard InChI is InChI=1S/C18H17N5O3S/c1-2-23-9-10(8-19-23)13-7-14(15-16(24)22-18(26)27-17(15)25)21-12-6-4-3-5-11(12)20-13/h3-6,8-9,13,20,25H,2,7H2,1H3,(H,22,24,26)/t13-/m1/s1. The number of aromatic nitrogens is 3. The lowest BCUT2D eigenvalue weighted by molar-refractivity contribution is 0.487. The van der Waals surface area contributed by atoms with E-state index in [4.69, 9.17) is 0 Å². The molecule has 9 heteroatoms. The van der Waals surface area contributed by atoms with Crippen LogP contribution in [0.15, 0.2) is 51.2 Å². The van der Waals surface area contributed by atoms with E-state index in [0.717, 1.165) is 17.8 Å². The first-order chi connectivity index (χ1) is 13.0. The van der Waals surface area contributed by atoms with E-state index >= 15 is 0 Å². The van der Waals surface area contributed by atoms with E-state index in [1.807, 2.05) is 42.1 Å². The summed E-state index contributed by atoms with van der Waals surface area (Å²) < 4.78 is 1.82. The van der Waals surface area contributed by atoms with Gasteiger partial charge in [0.15, 0.2) is 5.06 Å². The van der Waals surface area contributed by atoms with Crippen LogP contribution in [0.3, 0.4) is 0 Å². The van der Waals surface area contributed by atoms with Gasteiger partial charge < -0.3 is 10.4 Å². The number of nitrogens with zero attached hydrogens (tertiary/aromatic N) is 3. The maximum absolute atomic E-state index is 12.4. The summed E-state index contributed by atoms with van der Waals surface area (Å²) >= 11 is 0.586. The van der Waals surface area contributed by atoms with Gasteiger partial charge in [0.1, 0.15) is 5.56 Å². The lowest BCUT2D eigenvalue weighted by Gasteiger charge is -2.17. The zero-order valence-electron chi connectivity index (χ0n) is 14.5. The number of aryl methyl sites for hydroxylation is 1. The van der Waals surface area contributed by atoms with Crippen LogP contribution in [0.5, 0.6) is 5.06 Å². The van der Waals surface area contributed by atoms with Crippen molar-refractivity contribution < 1.29 is 5.11 Å². The Morgan fingerprint density at radius 3 is 2.89 bits per heavy atom. The molecule has 3 heterocycles. The highest BCUT2D eigenvalue weighted by atomic mass is 32.1. The van der Waals surface area contributed by atoms with Crippen molar-refractivity contribution in [2.45, 2.75) is 25.9 Å². The molecule has 4 rings (SSSR count). The van der Waals surface area contributed by atoms with Crippen molar-refractivity contribution >= 4 is 28.4 Å². The van der Waals surface area contributed by atoms with E-state index in [0.29, 0.717) is 29.2 Å². The number of aromatic amines is 1. The number of para-hydroxylation sites is 2.